The van der Waals surface area contributed by atoms with Crippen LogP contribution in [-0.2, 0) is 26.7 Å². The van der Waals surface area contributed by atoms with E-state index >= 15 is 0 Å². The number of benzene rings is 2. The molecule has 2 aromatic carbocycles. The molecule has 0 spiro atoms. The zero-order valence-electron chi connectivity index (χ0n) is 13.4. The van der Waals surface area contributed by atoms with E-state index in [2.05, 4.69) is 0 Å². The molecule has 0 heterocycles. The number of hydrogen-bond donors (Lipinski definition) is 0. The van der Waals surface area contributed by atoms with E-state index in [0.717, 1.165) is 11.5 Å². The molecule has 0 aliphatic heterocycles. The van der Waals surface area contributed by atoms with Gasteiger partial charge in [0.1, 0.15) is 11.5 Å². The Kier molecular flexibility index (Phi) is 13.2. The van der Waals surface area contributed by atoms with E-state index < -0.39 is 11.9 Å². The summed E-state index contributed by atoms with van der Waals surface area (Å²) in [5, 5.41) is 17.9. The molecule has 0 aliphatic carbocycles. The quantitative estimate of drug-likeness (QED) is 0.559. The molecule has 9 heteroatoms. The van der Waals surface area contributed by atoms with Gasteiger partial charge in [0.05, 0.1) is 26.2 Å². The molecule has 25 heavy (non-hydrogen) atoms. The summed E-state index contributed by atoms with van der Waals surface area (Å²) < 4.78 is 9.75. The first-order chi connectivity index (χ1) is 11.3. The Bertz CT molecular complexity index is 609. The minimum Gasteiger partial charge on any atom is -0.699 e. The van der Waals surface area contributed by atoms with Crippen molar-refractivity contribution in [1.29, 1.82) is 0 Å². The predicted octanol–water partition coefficient (Wildman–Crippen LogP) is 1.24. The summed E-state index contributed by atoms with van der Waals surface area (Å²) in [6, 6.07) is 14.0. The SMILES string of the molecule is COc1cccc([NH-])c1.COc1cccc([NH-])c1.O=C([O-])C(=O)[O-].[Fe+4]. The van der Waals surface area contributed by atoms with Crippen molar-refractivity contribution in [1.82, 2.24) is 0 Å². The minimum atomic E-state index is -2.19. The second-order valence-electron chi connectivity index (χ2n) is 4.04. The number of rotatable bonds is 2. The largest absolute Gasteiger partial charge is 4.00 e. The third kappa shape index (κ3) is 12.2. The van der Waals surface area contributed by atoms with Crippen LogP contribution in [0.3, 0.4) is 0 Å². The van der Waals surface area contributed by atoms with Gasteiger partial charge in [-0.25, -0.2) is 0 Å². The van der Waals surface area contributed by atoms with Gasteiger partial charge in [-0.1, -0.05) is 24.3 Å². The van der Waals surface area contributed by atoms with E-state index in [1.165, 1.54) is 0 Å². The van der Waals surface area contributed by atoms with Crippen molar-refractivity contribution in [2.24, 2.45) is 0 Å². The standard InChI is InChI=1S/2C7H8NO.C2H2O4.Fe/c2*1-9-7-4-2-3-6(8)5-7;3-1(4)2(5)6;/h2*2-5,8H,1H3;(H,3,4)(H,5,6);/q2*-1;;+4/p-2. The molecule has 0 amide bonds. The van der Waals surface area contributed by atoms with Crippen molar-refractivity contribution in [3.05, 3.63) is 60.0 Å². The second-order valence-corrected chi connectivity index (χ2v) is 4.04. The molecule has 2 N–H and O–H groups in total. The maximum atomic E-state index is 8.93. The van der Waals surface area contributed by atoms with Gasteiger partial charge in [0.2, 0.25) is 0 Å². The van der Waals surface area contributed by atoms with Gasteiger partial charge in [0.25, 0.3) is 0 Å². The number of carboxylic acid groups (broad SMARTS) is 2. The van der Waals surface area contributed by atoms with E-state index in [0.29, 0.717) is 11.4 Å². The molecule has 0 aromatic heterocycles. The van der Waals surface area contributed by atoms with Gasteiger partial charge in [-0.15, -0.1) is 11.4 Å². The summed E-state index contributed by atoms with van der Waals surface area (Å²) in [5.41, 5.74) is 15.3. The number of methoxy groups -OCH3 is 2. The summed E-state index contributed by atoms with van der Waals surface area (Å²) in [6.45, 7) is 0. The number of hydrogen-bond acceptors (Lipinski definition) is 6. The summed E-state index contributed by atoms with van der Waals surface area (Å²) in [6.07, 6.45) is 0. The fourth-order valence-electron chi connectivity index (χ4n) is 1.25. The molecular formula is C16H16FeN2O6. The van der Waals surface area contributed by atoms with E-state index in [-0.39, 0.29) is 17.1 Å². The summed E-state index contributed by atoms with van der Waals surface area (Å²) in [7, 11) is 3.18. The van der Waals surface area contributed by atoms with Crippen LogP contribution in [0.25, 0.3) is 11.5 Å². The van der Waals surface area contributed by atoms with Gasteiger partial charge < -0.3 is 40.7 Å². The van der Waals surface area contributed by atoms with Crippen molar-refractivity contribution in [2.45, 2.75) is 0 Å². The van der Waals surface area contributed by atoms with Crippen LogP contribution >= 0.6 is 0 Å². The van der Waals surface area contributed by atoms with Gasteiger partial charge in [0, 0.05) is 0 Å². The van der Waals surface area contributed by atoms with Crippen molar-refractivity contribution < 1.29 is 46.3 Å². The van der Waals surface area contributed by atoms with Crippen molar-refractivity contribution in [2.75, 3.05) is 14.2 Å². The minimum absolute atomic E-state index is 0. The fourth-order valence-corrected chi connectivity index (χ4v) is 1.25. The summed E-state index contributed by atoms with van der Waals surface area (Å²) >= 11 is 0. The first-order valence-corrected chi connectivity index (χ1v) is 6.43. The number of ether oxygens (including phenoxy) is 2. The van der Waals surface area contributed by atoms with Crippen LogP contribution in [0.5, 0.6) is 11.5 Å². The van der Waals surface area contributed by atoms with Crippen LogP contribution in [0.1, 0.15) is 0 Å². The third-order valence-corrected chi connectivity index (χ3v) is 2.31. The first kappa shape index (κ1) is 24.4. The average molecular weight is 388 g/mol. The number of nitrogens with one attached hydrogen (secondary N) is 2. The van der Waals surface area contributed by atoms with Crippen LogP contribution in [-0.4, -0.2) is 26.2 Å². The zero-order chi connectivity index (χ0) is 18.5. The molecule has 0 aliphatic rings. The normalized spacial score (nSPS) is 8.24. The van der Waals surface area contributed by atoms with Crippen LogP contribution in [0, 0.1) is 0 Å². The van der Waals surface area contributed by atoms with Gasteiger partial charge >= 0.3 is 17.1 Å². The van der Waals surface area contributed by atoms with Crippen molar-refractivity contribution in [3.63, 3.8) is 0 Å². The molecule has 8 nitrogen and oxygen atoms in total. The molecule has 0 atom stereocenters. The Labute approximate surface area is 155 Å². The molecule has 0 saturated carbocycles. The zero-order valence-corrected chi connectivity index (χ0v) is 14.5. The Balaban J connectivity index is 0. The Morgan fingerprint density at radius 2 is 1.12 bits per heavy atom. The molecule has 0 fully saturated rings. The smallest absolute Gasteiger partial charge is 0.699 e. The monoisotopic (exact) mass is 388 g/mol. The Morgan fingerprint density at radius 1 is 0.800 bits per heavy atom. The number of carbonyl (C=O) groups is 2. The van der Waals surface area contributed by atoms with E-state index in [4.69, 9.17) is 40.7 Å². The molecule has 0 bridgehead atoms. The van der Waals surface area contributed by atoms with Crippen molar-refractivity contribution >= 4 is 23.3 Å². The topological polar surface area (TPSA) is 146 Å². The van der Waals surface area contributed by atoms with E-state index in [1.807, 2.05) is 12.1 Å². The number of carboxylic acids is 2. The summed E-state index contributed by atoms with van der Waals surface area (Å²) in [4.78, 5) is 17.9. The van der Waals surface area contributed by atoms with Crippen LogP contribution in [0.4, 0.5) is 11.4 Å². The maximum absolute atomic E-state index is 8.93. The second kappa shape index (κ2) is 13.5. The molecule has 134 valence electrons. The predicted molar refractivity (Wildman–Crippen MR) is 84.0 cm³/mol. The van der Waals surface area contributed by atoms with E-state index in [1.54, 1.807) is 50.6 Å². The maximum Gasteiger partial charge on any atom is 4.00 e. The van der Waals surface area contributed by atoms with Crippen LogP contribution in [0.2, 0.25) is 0 Å². The van der Waals surface area contributed by atoms with E-state index in [9.17, 15) is 0 Å². The molecule has 0 unspecified atom stereocenters. The molecule has 2 rings (SSSR count). The summed E-state index contributed by atoms with van der Waals surface area (Å²) in [5.74, 6) is -2.89. The Hall–Kier alpha value is -2.90. The number of aliphatic carboxylic acids is 2. The molecular weight excluding hydrogens is 372 g/mol. The van der Waals surface area contributed by atoms with Gasteiger partial charge in [0.15, 0.2) is 0 Å². The van der Waals surface area contributed by atoms with Gasteiger partial charge in [-0.05, 0) is 24.3 Å². The number of carbonyl (C=O) groups excluding carboxylic acids is 2. The molecule has 0 saturated heterocycles. The first-order valence-electron chi connectivity index (χ1n) is 6.43. The average Bonchev–Trinajstić information content (AvgIpc) is 2.55. The van der Waals surface area contributed by atoms with Crippen LogP contribution in [0.15, 0.2) is 48.5 Å². The van der Waals surface area contributed by atoms with Crippen LogP contribution < -0.4 is 19.7 Å². The fraction of sp³-hybridized carbons (Fsp3) is 0.125. The van der Waals surface area contributed by atoms with Crippen molar-refractivity contribution in [3.8, 4) is 11.5 Å². The van der Waals surface area contributed by atoms with Gasteiger partial charge in [-0.2, -0.15) is 0 Å². The Morgan fingerprint density at radius 3 is 1.28 bits per heavy atom. The van der Waals surface area contributed by atoms with Gasteiger partial charge in [-0.3, -0.25) is 0 Å². The molecule has 0 radical (unpaired) electrons. The molecule has 2 aromatic rings. The third-order valence-electron chi connectivity index (χ3n) is 2.31.